The fourth-order valence-electron chi connectivity index (χ4n) is 2.20. The van der Waals surface area contributed by atoms with Gasteiger partial charge in [0.25, 0.3) is 5.91 Å². The molecule has 7 heteroatoms. The van der Waals surface area contributed by atoms with Gasteiger partial charge in [0.2, 0.25) is 5.91 Å². The minimum atomic E-state index is -1.35. The van der Waals surface area contributed by atoms with Gasteiger partial charge in [-0.05, 0) is 6.07 Å². The number of rotatable bonds is 4. The summed E-state index contributed by atoms with van der Waals surface area (Å²) in [6, 6.07) is 5.24. The number of nitrogens with two attached hydrogens (primary N) is 2. The third-order valence-corrected chi connectivity index (χ3v) is 3.06. The SMILES string of the molecule is NC(=O)CC(C(=O)O)N1C(=O)c2ccccc2C1N. The fourth-order valence-corrected chi connectivity index (χ4v) is 2.20. The van der Waals surface area contributed by atoms with Crippen molar-refractivity contribution < 1.29 is 19.5 Å². The summed E-state index contributed by atoms with van der Waals surface area (Å²) in [6.07, 6.45) is -1.35. The summed E-state index contributed by atoms with van der Waals surface area (Å²) in [5.41, 5.74) is 11.8. The van der Waals surface area contributed by atoms with E-state index in [9.17, 15) is 14.4 Å². The molecule has 2 rings (SSSR count). The van der Waals surface area contributed by atoms with Crippen LogP contribution >= 0.6 is 0 Å². The number of amides is 2. The molecule has 2 amide bonds. The molecule has 0 radical (unpaired) electrons. The van der Waals surface area contributed by atoms with Crippen LogP contribution in [0.25, 0.3) is 0 Å². The van der Waals surface area contributed by atoms with Crippen LogP contribution in [-0.4, -0.2) is 33.8 Å². The molecule has 0 bridgehead atoms. The Morgan fingerprint density at radius 1 is 1.37 bits per heavy atom. The van der Waals surface area contributed by atoms with Crippen molar-refractivity contribution >= 4 is 17.8 Å². The molecule has 2 unspecified atom stereocenters. The number of carbonyl (C=O) groups is 3. The Kier molecular flexibility index (Phi) is 3.22. The summed E-state index contributed by atoms with van der Waals surface area (Å²) < 4.78 is 0. The zero-order valence-corrected chi connectivity index (χ0v) is 9.95. The van der Waals surface area contributed by atoms with Gasteiger partial charge in [0.05, 0.1) is 6.42 Å². The Morgan fingerprint density at radius 2 is 2.00 bits per heavy atom. The van der Waals surface area contributed by atoms with E-state index in [1.807, 2.05) is 0 Å². The van der Waals surface area contributed by atoms with Crippen molar-refractivity contribution in [3.8, 4) is 0 Å². The van der Waals surface area contributed by atoms with E-state index in [0.29, 0.717) is 11.1 Å². The van der Waals surface area contributed by atoms with Crippen LogP contribution in [0.3, 0.4) is 0 Å². The maximum Gasteiger partial charge on any atom is 0.327 e. The van der Waals surface area contributed by atoms with Gasteiger partial charge in [-0.15, -0.1) is 0 Å². The van der Waals surface area contributed by atoms with Crippen molar-refractivity contribution in [2.24, 2.45) is 11.5 Å². The molecule has 1 aliphatic rings. The number of hydrogen-bond donors (Lipinski definition) is 3. The van der Waals surface area contributed by atoms with Crippen molar-refractivity contribution in [3.63, 3.8) is 0 Å². The van der Waals surface area contributed by atoms with Gasteiger partial charge in [-0.25, -0.2) is 4.79 Å². The number of fused-ring (bicyclic) bond motifs is 1. The Bertz CT molecular complexity index is 558. The molecule has 0 fully saturated rings. The molecule has 1 aromatic carbocycles. The van der Waals surface area contributed by atoms with E-state index in [4.69, 9.17) is 16.6 Å². The Morgan fingerprint density at radius 3 is 2.53 bits per heavy atom. The Balaban J connectivity index is 2.39. The van der Waals surface area contributed by atoms with Gasteiger partial charge in [-0.1, -0.05) is 18.2 Å². The number of carboxylic acid groups (broad SMARTS) is 1. The first-order valence-corrected chi connectivity index (χ1v) is 5.61. The minimum Gasteiger partial charge on any atom is -0.480 e. The average Bonchev–Trinajstić information content (AvgIpc) is 2.60. The smallest absolute Gasteiger partial charge is 0.327 e. The number of primary amides is 1. The maximum atomic E-state index is 12.2. The number of aliphatic carboxylic acids is 1. The molecule has 1 aromatic rings. The molecule has 5 N–H and O–H groups in total. The normalized spacial score (nSPS) is 19.1. The number of nitrogens with zero attached hydrogens (tertiary/aromatic N) is 1. The van der Waals surface area contributed by atoms with Gasteiger partial charge in [0, 0.05) is 11.1 Å². The quantitative estimate of drug-likeness (QED) is 0.670. The minimum absolute atomic E-state index is 0.353. The monoisotopic (exact) mass is 263 g/mol. The van der Waals surface area contributed by atoms with Gasteiger partial charge < -0.3 is 21.5 Å². The topological polar surface area (TPSA) is 127 Å². The van der Waals surface area contributed by atoms with Crippen LogP contribution in [0.4, 0.5) is 0 Å². The van der Waals surface area contributed by atoms with Gasteiger partial charge in [-0.2, -0.15) is 0 Å². The number of carbonyl (C=O) groups excluding carboxylic acids is 2. The summed E-state index contributed by atoms with van der Waals surface area (Å²) in [5.74, 6) is -2.62. The standard InChI is InChI=1S/C12H13N3O4/c13-9(16)5-8(12(18)19)15-10(14)6-3-1-2-4-7(6)11(15)17/h1-4,8,10H,5,14H2,(H2,13,16)(H,18,19). The fraction of sp³-hybridized carbons (Fsp3) is 0.250. The second kappa shape index (κ2) is 4.69. The van der Waals surface area contributed by atoms with Gasteiger partial charge >= 0.3 is 5.97 Å². The largest absolute Gasteiger partial charge is 0.480 e. The molecule has 1 aliphatic heterocycles. The summed E-state index contributed by atoms with van der Waals surface area (Å²) in [5, 5.41) is 9.14. The lowest BCUT2D eigenvalue weighted by Crippen LogP contribution is -2.47. The molecule has 100 valence electrons. The van der Waals surface area contributed by atoms with E-state index >= 15 is 0 Å². The van der Waals surface area contributed by atoms with Crippen LogP contribution in [0.5, 0.6) is 0 Å². The van der Waals surface area contributed by atoms with Gasteiger partial charge in [0.15, 0.2) is 0 Å². The lowest BCUT2D eigenvalue weighted by Gasteiger charge is -2.27. The van der Waals surface area contributed by atoms with E-state index in [2.05, 4.69) is 0 Å². The van der Waals surface area contributed by atoms with Crippen LogP contribution in [0.2, 0.25) is 0 Å². The lowest BCUT2D eigenvalue weighted by molar-refractivity contribution is -0.145. The van der Waals surface area contributed by atoms with Crippen molar-refractivity contribution in [2.45, 2.75) is 18.6 Å². The van der Waals surface area contributed by atoms with Crippen LogP contribution < -0.4 is 11.5 Å². The van der Waals surface area contributed by atoms with E-state index in [1.54, 1.807) is 24.3 Å². The van der Waals surface area contributed by atoms with E-state index in [1.165, 1.54) is 0 Å². The average molecular weight is 263 g/mol. The molecule has 7 nitrogen and oxygen atoms in total. The zero-order valence-electron chi connectivity index (χ0n) is 9.95. The lowest BCUT2D eigenvalue weighted by atomic mass is 10.1. The van der Waals surface area contributed by atoms with Gasteiger partial charge in [0.1, 0.15) is 12.2 Å². The van der Waals surface area contributed by atoms with E-state index in [-0.39, 0.29) is 0 Å². The predicted molar refractivity (Wildman–Crippen MR) is 64.8 cm³/mol. The van der Waals surface area contributed by atoms with Crippen molar-refractivity contribution in [1.82, 2.24) is 4.90 Å². The molecule has 0 saturated heterocycles. The Labute approximate surface area is 108 Å². The molecular formula is C12H13N3O4. The molecule has 0 aromatic heterocycles. The molecule has 0 saturated carbocycles. The number of carboxylic acids is 1. The highest BCUT2D eigenvalue weighted by atomic mass is 16.4. The second-order valence-electron chi connectivity index (χ2n) is 4.27. The first-order valence-electron chi connectivity index (χ1n) is 5.61. The molecule has 0 spiro atoms. The highest BCUT2D eigenvalue weighted by Crippen LogP contribution is 2.32. The molecule has 0 aliphatic carbocycles. The zero-order chi connectivity index (χ0) is 14.2. The summed E-state index contributed by atoms with van der Waals surface area (Å²) in [4.78, 5) is 35.3. The van der Waals surface area contributed by atoms with Crippen LogP contribution in [0.15, 0.2) is 24.3 Å². The van der Waals surface area contributed by atoms with Crippen molar-refractivity contribution in [2.75, 3.05) is 0 Å². The molecule has 2 atom stereocenters. The Hall–Kier alpha value is -2.41. The van der Waals surface area contributed by atoms with Crippen molar-refractivity contribution in [3.05, 3.63) is 35.4 Å². The third-order valence-electron chi connectivity index (χ3n) is 3.06. The maximum absolute atomic E-state index is 12.2. The highest BCUT2D eigenvalue weighted by Gasteiger charge is 2.42. The predicted octanol–water partition coefficient (Wildman–Crippen LogP) is -0.572. The molecular weight excluding hydrogens is 250 g/mol. The van der Waals surface area contributed by atoms with E-state index in [0.717, 1.165) is 4.90 Å². The van der Waals surface area contributed by atoms with Crippen LogP contribution in [0.1, 0.15) is 28.5 Å². The second-order valence-corrected chi connectivity index (χ2v) is 4.27. The van der Waals surface area contributed by atoms with Gasteiger partial charge in [-0.3, -0.25) is 9.59 Å². The first kappa shape index (κ1) is 13.0. The number of benzene rings is 1. The summed E-state index contributed by atoms with van der Waals surface area (Å²) >= 11 is 0. The molecule has 1 heterocycles. The summed E-state index contributed by atoms with van der Waals surface area (Å²) in [7, 11) is 0. The molecule has 19 heavy (non-hydrogen) atoms. The number of hydrogen-bond acceptors (Lipinski definition) is 4. The van der Waals surface area contributed by atoms with E-state index < -0.39 is 36.4 Å². The van der Waals surface area contributed by atoms with Crippen LogP contribution in [-0.2, 0) is 9.59 Å². The summed E-state index contributed by atoms with van der Waals surface area (Å²) in [6.45, 7) is 0. The third kappa shape index (κ3) is 2.15. The van der Waals surface area contributed by atoms with Crippen LogP contribution in [0, 0.1) is 0 Å². The highest BCUT2D eigenvalue weighted by molar-refractivity contribution is 6.01. The first-order chi connectivity index (χ1) is 8.93. The van der Waals surface area contributed by atoms with Crippen molar-refractivity contribution in [1.29, 1.82) is 0 Å².